The number of hydrogen-bond donors (Lipinski definition) is 1. The highest BCUT2D eigenvalue weighted by atomic mass is 79.9. The van der Waals surface area contributed by atoms with Crippen LogP contribution in [0.25, 0.3) is 16.5 Å². The molecule has 1 nitrogen and oxygen atoms in total. The van der Waals surface area contributed by atoms with Crippen molar-refractivity contribution in [2.75, 3.05) is 6.54 Å². The van der Waals surface area contributed by atoms with Gasteiger partial charge in [-0.3, -0.25) is 0 Å². The molecule has 0 radical (unpaired) electrons. The van der Waals surface area contributed by atoms with E-state index in [1.54, 1.807) is 0 Å². The van der Waals surface area contributed by atoms with E-state index in [2.05, 4.69) is 91.4 Å². The van der Waals surface area contributed by atoms with Gasteiger partial charge in [0.2, 0.25) is 0 Å². The highest BCUT2D eigenvalue weighted by Gasteiger charge is 2.08. The Labute approximate surface area is 140 Å². The molecule has 0 aliphatic rings. The lowest BCUT2D eigenvalue weighted by molar-refractivity contribution is 0.445. The minimum atomic E-state index is 0.160. The van der Waals surface area contributed by atoms with Crippen molar-refractivity contribution in [2.45, 2.75) is 33.2 Å². The molecule has 0 fully saturated rings. The Morgan fingerprint density at radius 1 is 1.14 bits per heavy atom. The van der Waals surface area contributed by atoms with E-state index in [0.29, 0.717) is 0 Å². The Kier molecular flexibility index (Phi) is 5.42. The third-order valence-corrected chi connectivity index (χ3v) is 4.65. The molecule has 1 heterocycles. The zero-order valence-electron chi connectivity index (χ0n) is 13.0. The van der Waals surface area contributed by atoms with E-state index in [0.717, 1.165) is 11.0 Å². The molecular weight excluding hydrogens is 342 g/mol. The largest absolute Gasteiger partial charge is 0.308 e. The molecule has 2 aromatic rings. The molecule has 0 bridgehead atoms. The summed E-state index contributed by atoms with van der Waals surface area (Å²) in [6, 6.07) is 12.9. The molecule has 1 aromatic carbocycles. The summed E-state index contributed by atoms with van der Waals surface area (Å²) in [5.41, 5.74) is 2.79. The monoisotopic (exact) mass is 363 g/mol. The Morgan fingerprint density at radius 3 is 2.43 bits per heavy atom. The third-order valence-electron chi connectivity index (χ3n) is 3.04. The van der Waals surface area contributed by atoms with Gasteiger partial charge in [-0.1, -0.05) is 33.6 Å². The zero-order valence-corrected chi connectivity index (χ0v) is 15.4. The van der Waals surface area contributed by atoms with Crippen LogP contribution in [0.5, 0.6) is 0 Å². The molecule has 3 heteroatoms. The quantitative estimate of drug-likeness (QED) is 0.705. The van der Waals surface area contributed by atoms with E-state index >= 15 is 0 Å². The molecule has 112 valence electrons. The van der Waals surface area contributed by atoms with Crippen LogP contribution in [0, 0.1) is 0 Å². The van der Waals surface area contributed by atoms with E-state index < -0.39 is 0 Å². The molecule has 0 spiro atoms. The number of nitrogens with one attached hydrogen (secondary N) is 1. The zero-order chi connectivity index (χ0) is 15.5. The minimum absolute atomic E-state index is 0.160. The molecule has 1 N–H and O–H groups in total. The number of benzene rings is 1. The summed E-state index contributed by atoms with van der Waals surface area (Å²) in [7, 11) is 0. The Bertz CT molecular complexity index is 617. The summed E-state index contributed by atoms with van der Waals surface area (Å²) in [5.74, 6) is 0. The van der Waals surface area contributed by atoms with Crippen molar-refractivity contribution in [3.8, 4) is 10.4 Å². The lowest BCUT2D eigenvalue weighted by Crippen LogP contribution is -2.36. The van der Waals surface area contributed by atoms with Crippen LogP contribution >= 0.6 is 27.3 Å². The van der Waals surface area contributed by atoms with Gasteiger partial charge in [0.25, 0.3) is 0 Å². The van der Waals surface area contributed by atoms with Gasteiger partial charge >= 0.3 is 0 Å². The molecule has 2 rings (SSSR count). The molecule has 0 aliphatic carbocycles. The van der Waals surface area contributed by atoms with Gasteiger partial charge in [-0.25, -0.2) is 0 Å². The van der Waals surface area contributed by atoms with Gasteiger partial charge in [-0.15, -0.1) is 11.3 Å². The van der Waals surface area contributed by atoms with E-state index in [1.165, 1.54) is 20.9 Å². The van der Waals surface area contributed by atoms with Crippen LogP contribution in [-0.2, 0) is 0 Å². The fraction of sp³-hybridized carbons (Fsp3) is 0.333. The van der Waals surface area contributed by atoms with Gasteiger partial charge < -0.3 is 5.32 Å². The maximum atomic E-state index is 3.52. The summed E-state index contributed by atoms with van der Waals surface area (Å²) in [4.78, 5) is 2.62. The van der Waals surface area contributed by atoms with E-state index in [9.17, 15) is 0 Å². The highest BCUT2D eigenvalue weighted by Crippen LogP contribution is 2.30. The van der Waals surface area contributed by atoms with Crippen molar-refractivity contribution in [1.29, 1.82) is 0 Å². The number of rotatable bonds is 4. The van der Waals surface area contributed by atoms with E-state index in [1.807, 2.05) is 11.3 Å². The average molecular weight is 364 g/mol. The SMILES string of the molecule is CC(=Cc1ccc(-c2ccc(Br)cc2)s1)CNC(C)(C)C. The van der Waals surface area contributed by atoms with Crippen molar-refractivity contribution in [1.82, 2.24) is 5.32 Å². The lowest BCUT2D eigenvalue weighted by atomic mass is 10.1. The van der Waals surface area contributed by atoms with E-state index in [4.69, 9.17) is 0 Å². The topological polar surface area (TPSA) is 12.0 Å². The van der Waals surface area contributed by atoms with Crippen LogP contribution in [0.15, 0.2) is 46.4 Å². The molecule has 0 aliphatic heterocycles. The highest BCUT2D eigenvalue weighted by molar-refractivity contribution is 9.10. The molecule has 0 saturated carbocycles. The molecule has 0 unspecified atom stereocenters. The standard InChI is InChI=1S/C18H22BrNS/c1-13(12-20-18(2,3)4)11-16-9-10-17(21-16)14-5-7-15(19)8-6-14/h5-11,20H,12H2,1-4H3. The molecule has 1 aromatic heterocycles. The maximum absolute atomic E-state index is 3.52. The predicted octanol–water partition coefficient (Wildman–Crippen LogP) is 5.97. The van der Waals surface area contributed by atoms with Gasteiger partial charge in [-0.05, 0) is 63.6 Å². The molecule has 0 amide bonds. The summed E-state index contributed by atoms with van der Waals surface area (Å²) in [6.07, 6.45) is 2.27. The fourth-order valence-electron chi connectivity index (χ4n) is 1.90. The first-order valence-electron chi connectivity index (χ1n) is 7.11. The van der Waals surface area contributed by atoms with Crippen molar-refractivity contribution in [3.63, 3.8) is 0 Å². The second-order valence-electron chi connectivity index (χ2n) is 6.30. The summed E-state index contributed by atoms with van der Waals surface area (Å²) in [5, 5.41) is 3.52. The van der Waals surface area contributed by atoms with Gasteiger partial charge in [0.15, 0.2) is 0 Å². The van der Waals surface area contributed by atoms with Crippen molar-refractivity contribution < 1.29 is 0 Å². The number of thiophene rings is 1. The normalized spacial score (nSPS) is 12.7. The summed E-state index contributed by atoms with van der Waals surface area (Å²) < 4.78 is 1.12. The third kappa shape index (κ3) is 5.42. The first-order valence-corrected chi connectivity index (χ1v) is 8.72. The summed E-state index contributed by atoms with van der Waals surface area (Å²) in [6.45, 7) is 9.68. The van der Waals surface area contributed by atoms with Gasteiger partial charge in [0.1, 0.15) is 0 Å². The summed E-state index contributed by atoms with van der Waals surface area (Å²) >= 11 is 5.31. The number of hydrogen-bond acceptors (Lipinski definition) is 2. The van der Waals surface area contributed by atoms with Crippen LogP contribution in [0.4, 0.5) is 0 Å². The molecule has 0 atom stereocenters. The lowest BCUT2D eigenvalue weighted by Gasteiger charge is -2.20. The van der Waals surface area contributed by atoms with Gasteiger partial charge in [0, 0.05) is 26.3 Å². The first kappa shape index (κ1) is 16.5. The fourth-order valence-corrected chi connectivity index (χ4v) is 3.20. The van der Waals surface area contributed by atoms with Crippen LogP contribution in [-0.4, -0.2) is 12.1 Å². The first-order chi connectivity index (χ1) is 9.83. The van der Waals surface area contributed by atoms with Crippen LogP contribution in [0.1, 0.15) is 32.6 Å². The minimum Gasteiger partial charge on any atom is -0.308 e. The second-order valence-corrected chi connectivity index (χ2v) is 8.33. The van der Waals surface area contributed by atoms with Crippen molar-refractivity contribution in [2.24, 2.45) is 0 Å². The molecule has 0 saturated heterocycles. The predicted molar refractivity (Wildman–Crippen MR) is 98.9 cm³/mol. The maximum Gasteiger partial charge on any atom is 0.0349 e. The molecule has 21 heavy (non-hydrogen) atoms. The van der Waals surface area contributed by atoms with Crippen LogP contribution in [0.3, 0.4) is 0 Å². The van der Waals surface area contributed by atoms with Crippen LogP contribution < -0.4 is 5.32 Å². The average Bonchev–Trinajstić information content (AvgIpc) is 2.85. The van der Waals surface area contributed by atoms with Crippen molar-refractivity contribution >= 4 is 33.3 Å². The van der Waals surface area contributed by atoms with Gasteiger partial charge in [0.05, 0.1) is 0 Å². The van der Waals surface area contributed by atoms with Gasteiger partial charge in [-0.2, -0.15) is 0 Å². The second kappa shape index (κ2) is 6.91. The van der Waals surface area contributed by atoms with E-state index in [-0.39, 0.29) is 5.54 Å². The Morgan fingerprint density at radius 2 is 1.81 bits per heavy atom. The van der Waals surface area contributed by atoms with Crippen molar-refractivity contribution in [3.05, 3.63) is 51.3 Å². The van der Waals surface area contributed by atoms with Crippen LogP contribution in [0.2, 0.25) is 0 Å². The smallest absolute Gasteiger partial charge is 0.0349 e. The number of halogens is 1. The molecular formula is C18H22BrNS. The Balaban J connectivity index is 2.07. The Hall–Kier alpha value is -0.900.